The monoisotopic (exact) mass is 301 g/mol. The highest BCUT2D eigenvalue weighted by atomic mass is 19.1. The molecule has 0 saturated carbocycles. The molecule has 2 rings (SSSR count). The van der Waals surface area contributed by atoms with Crippen LogP contribution < -0.4 is 15.8 Å². The van der Waals surface area contributed by atoms with Crippen LogP contribution in [0.2, 0.25) is 0 Å². The molecule has 0 heterocycles. The van der Waals surface area contributed by atoms with Crippen LogP contribution in [0.3, 0.4) is 0 Å². The van der Waals surface area contributed by atoms with Crippen molar-refractivity contribution in [3.05, 3.63) is 59.4 Å². The molecule has 0 unspecified atom stereocenters. The summed E-state index contributed by atoms with van der Waals surface area (Å²) in [5, 5.41) is 11.3. The van der Waals surface area contributed by atoms with Crippen molar-refractivity contribution in [2.24, 2.45) is 0 Å². The van der Waals surface area contributed by atoms with Crippen molar-refractivity contribution in [2.45, 2.75) is 13.0 Å². The summed E-state index contributed by atoms with van der Waals surface area (Å²) in [6, 6.07) is 11.7. The van der Waals surface area contributed by atoms with Crippen molar-refractivity contribution in [1.82, 2.24) is 5.32 Å². The zero-order chi connectivity index (χ0) is 15.9. The van der Waals surface area contributed by atoms with E-state index < -0.39 is 0 Å². The van der Waals surface area contributed by atoms with Gasteiger partial charge in [0.2, 0.25) is 0 Å². The first kappa shape index (κ1) is 16.0. The van der Waals surface area contributed by atoms with Gasteiger partial charge in [-0.3, -0.25) is 0 Å². The standard InChI is InChI=1S/C17H20FN3O/c1-22-14-5-6-16(19)15(10-14)17(20)7-8-21-11-12-3-2-4-13(18)9-12/h2-6,9-10,20-21H,7-8,11,19H2,1H3. The molecular formula is C17H20FN3O. The lowest BCUT2D eigenvalue weighted by Crippen LogP contribution is -2.18. The number of halogens is 1. The lowest BCUT2D eigenvalue weighted by molar-refractivity contribution is 0.415. The Kier molecular flexibility index (Phi) is 5.49. The summed E-state index contributed by atoms with van der Waals surface area (Å²) in [4.78, 5) is 0. The van der Waals surface area contributed by atoms with Crippen molar-refractivity contribution >= 4 is 11.4 Å². The molecule has 116 valence electrons. The zero-order valence-corrected chi connectivity index (χ0v) is 12.5. The number of hydrogen-bond acceptors (Lipinski definition) is 4. The van der Waals surface area contributed by atoms with Gasteiger partial charge in [-0.1, -0.05) is 12.1 Å². The van der Waals surface area contributed by atoms with Crippen LogP contribution in [-0.4, -0.2) is 19.4 Å². The topological polar surface area (TPSA) is 71.1 Å². The molecule has 0 amide bonds. The summed E-state index contributed by atoms with van der Waals surface area (Å²) in [5.74, 6) is 0.442. The van der Waals surface area contributed by atoms with Crippen LogP contribution in [-0.2, 0) is 6.54 Å². The molecule has 2 aromatic carbocycles. The SMILES string of the molecule is COc1ccc(N)c(C(=N)CCNCc2cccc(F)c2)c1. The number of rotatable bonds is 7. The number of methoxy groups -OCH3 is 1. The van der Waals surface area contributed by atoms with Gasteiger partial charge < -0.3 is 21.2 Å². The van der Waals surface area contributed by atoms with Crippen LogP contribution in [0, 0.1) is 11.2 Å². The van der Waals surface area contributed by atoms with E-state index in [0.29, 0.717) is 42.2 Å². The lowest BCUT2D eigenvalue weighted by atomic mass is 10.0. The summed E-state index contributed by atoms with van der Waals surface area (Å²) in [6.45, 7) is 1.19. The predicted octanol–water partition coefficient (Wildman–Crippen LogP) is 2.96. The number of ether oxygens (including phenoxy) is 1. The summed E-state index contributed by atoms with van der Waals surface area (Å²) < 4.78 is 18.2. The summed E-state index contributed by atoms with van der Waals surface area (Å²) in [7, 11) is 1.58. The molecule has 0 atom stereocenters. The third-order valence-corrected chi connectivity index (χ3v) is 3.36. The van der Waals surface area contributed by atoms with Crippen LogP contribution in [0.4, 0.5) is 10.1 Å². The highest BCUT2D eigenvalue weighted by molar-refractivity contribution is 6.03. The third kappa shape index (κ3) is 4.30. The number of nitrogen functional groups attached to an aromatic ring is 1. The molecule has 22 heavy (non-hydrogen) atoms. The summed E-state index contributed by atoms with van der Waals surface area (Å²) in [6.07, 6.45) is 0.534. The normalized spacial score (nSPS) is 10.5. The van der Waals surface area contributed by atoms with Crippen LogP contribution in [0.5, 0.6) is 5.75 Å². The van der Waals surface area contributed by atoms with Crippen LogP contribution in [0.15, 0.2) is 42.5 Å². The van der Waals surface area contributed by atoms with E-state index in [2.05, 4.69) is 5.32 Å². The smallest absolute Gasteiger partial charge is 0.123 e. The quantitative estimate of drug-likeness (QED) is 0.418. The average molecular weight is 301 g/mol. The molecule has 0 aromatic heterocycles. The van der Waals surface area contributed by atoms with E-state index in [-0.39, 0.29) is 5.82 Å². The minimum Gasteiger partial charge on any atom is -0.497 e. The van der Waals surface area contributed by atoms with E-state index in [1.54, 1.807) is 31.4 Å². The second kappa shape index (κ2) is 7.56. The molecule has 0 fully saturated rings. The molecule has 4 N–H and O–H groups in total. The second-order valence-electron chi connectivity index (χ2n) is 4.99. The van der Waals surface area contributed by atoms with Crippen LogP contribution in [0.25, 0.3) is 0 Å². The van der Waals surface area contributed by atoms with E-state index in [1.165, 1.54) is 12.1 Å². The molecule has 0 aliphatic heterocycles. The third-order valence-electron chi connectivity index (χ3n) is 3.36. The first-order chi connectivity index (χ1) is 10.6. The molecule has 0 saturated heterocycles. The van der Waals surface area contributed by atoms with Crippen LogP contribution >= 0.6 is 0 Å². The van der Waals surface area contributed by atoms with Crippen molar-refractivity contribution in [1.29, 1.82) is 5.41 Å². The molecule has 0 radical (unpaired) electrons. The molecule has 0 aliphatic rings. The van der Waals surface area contributed by atoms with Crippen molar-refractivity contribution in [3.63, 3.8) is 0 Å². The van der Waals surface area contributed by atoms with E-state index in [0.717, 1.165) is 5.56 Å². The van der Waals surface area contributed by atoms with Crippen molar-refractivity contribution in [3.8, 4) is 5.75 Å². The fraction of sp³-hybridized carbons (Fsp3) is 0.235. The molecule has 4 nitrogen and oxygen atoms in total. The number of anilines is 1. The van der Waals surface area contributed by atoms with Gasteiger partial charge in [-0.25, -0.2) is 4.39 Å². The lowest BCUT2D eigenvalue weighted by Gasteiger charge is -2.10. The number of benzene rings is 2. The van der Waals surface area contributed by atoms with Gasteiger partial charge in [0.1, 0.15) is 11.6 Å². The minimum absolute atomic E-state index is 0.240. The van der Waals surface area contributed by atoms with Gasteiger partial charge in [0.15, 0.2) is 0 Å². The molecule has 2 aromatic rings. The maximum atomic E-state index is 13.1. The van der Waals surface area contributed by atoms with Gasteiger partial charge >= 0.3 is 0 Å². The summed E-state index contributed by atoms with van der Waals surface area (Å²) in [5.41, 5.74) is 8.48. The number of nitrogens with one attached hydrogen (secondary N) is 2. The largest absolute Gasteiger partial charge is 0.497 e. The maximum Gasteiger partial charge on any atom is 0.123 e. The maximum absolute atomic E-state index is 13.1. The highest BCUT2D eigenvalue weighted by Gasteiger charge is 2.07. The zero-order valence-electron chi connectivity index (χ0n) is 12.5. The molecule has 0 bridgehead atoms. The number of nitrogens with two attached hydrogens (primary N) is 1. The Hall–Kier alpha value is -2.40. The Morgan fingerprint density at radius 3 is 2.82 bits per heavy atom. The Morgan fingerprint density at radius 1 is 1.27 bits per heavy atom. The number of hydrogen-bond donors (Lipinski definition) is 3. The molecule has 5 heteroatoms. The van der Waals surface area contributed by atoms with Crippen LogP contribution in [0.1, 0.15) is 17.5 Å². The fourth-order valence-electron chi connectivity index (χ4n) is 2.15. The Morgan fingerprint density at radius 2 is 2.09 bits per heavy atom. The highest BCUT2D eigenvalue weighted by Crippen LogP contribution is 2.20. The van der Waals surface area contributed by atoms with Gasteiger partial charge in [0.25, 0.3) is 0 Å². The van der Waals surface area contributed by atoms with Crippen molar-refractivity contribution in [2.75, 3.05) is 19.4 Å². The van der Waals surface area contributed by atoms with E-state index in [4.69, 9.17) is 15.9 Å². The average Bonchev–Trinajstić information content (AvgIpc) is 2.52. The minimum atomic E-state index is -0.240. The van der Waals surface area contributed by atoms with Crippen molar-refractivity contribution < 1.29 is 9.13 Å². The van der Waals surface area contributed by atoms with Gasteiger partial charge in [0.05, 0.1) is 7.11 Å². The second-order valence-corrected chi connectivity index (χ2v) is 4.99. The Balaban J connectivity index is 1.85. The van der Waals surface area contributed by atoms with Gasteiger partial charge in [0, 0.05) is 36.5 Å². The molecule has 0 aliphatic carbocycles. The fourth-order valence-corrected chi connectivity index (χ4v) is 2.15. The molecular weight excluding hydrogens is 281 g/mol. The van der Waals surface area contributed by atoms with Gasteiger partial charge in [-0.2, -0.15) is 0 Å². The Bertz CT molecular complexity index is 658. The van der Waals surface area contributed by atoms with E-state index in [1.807, 2.05) is 6.07 Å². The van der Waals surface area contributed by atoms with E-state index in [9.17, 15) is 4.39 Å². The predicted molar refractivity (Wildman–Crippen MR) is 87.0 cm³/mol. The first-order valence-corrected chi connectivity index (χ1v) is 7.06. The summed E-state index contributed by atoms with van der Waals surface area (Å²) >= 11 is 0. The first-order valence-electron chi connectivity index (χ1n) is 7.06. The van der Waals surface area contributed by atoms with Gasteiger partial charge in [-0.05, 0) is 35.9 Å². The Labute approximate surface area is 129 Å². The van der Waals surface area contributed by atoms with Gasteiger partial charge in [-0.15, -0.1) is 0 Å². The molecule has 0 spiro atoms. The van der Waals surface area contributed by atoms with E-state index >= 15 is 0 Å².